The third-order valence-corrected chi connectivity index (χ3v) is 7.62. The molecule has 1 saturated heterocycles. The summed E-state index contributed by atoms with van der Waals surface area (Å²) in [5, 5.41) is 0.592. The molecule has 1 atom stereocenters. The van der Waals surface area contributed by atoms with Crippen molar-refractivity contribution in [2.75, 3.05) is 19.6 Å². The number of rotatable bonds is 7. The first-order chi connectivity index (χ1) is 17.8. The maximum Gasteiger partial charge on any atom is 0.416 e. The van der Waals surface area contributed by atoms with E-state index in [0.717, 1.165) is 68.0 Å². The third-order valence-electron chi connectivity index (χ3n) is 7.39. The third kappa shape index (κ3) is 5.78. The molecule has 4 aromatic rings. The van der Waals surface area contributed by atoms with Gasteiger partial charge in [0.05, 0.1) is 16.6 Å². The SMILES string of the molecule is O=c1[nH]c2cc(Cl)ccc2n1C1CCN(CCCC(c2ccccc2)c2cccc(C(F)(F)F)c2)CC1. The maximum atomic E-state index is 13.4. The molecule has 1 aromatic heterocycles. The number of piperidine rings is 1. The molecule has 3 aromatic carbocycles. The fourth-order valence-corrected chi connectivity index (χ4v) is 5.70. The van der Waals surface area contributed by atoms with E-state index in [9.17, 15) is 18.0 Å². The molecule has 8 heteroatoms. The van der Waals surface area contributed by atoms with Gasteiger partial charge in [0.15, 0.2) is 0 Å². The molecule has 0 radical (unpaired) electrons. The number of halogens is 4. The average molecular weight is 528 g/mol. The van der Waals surface area contributed by atoms with Gasteiger partial charge in [-0.25, -0.2) is 4.79 Å². The highest BCUT2D eigenvalue weighted by atomic mass is 35.5. The van der Waals surface area contributed by atoms with Gasteiger partial charge in [-0.1, -0.05) is 60.1 Å². The molecule has 0 spiro atoms. The van der Waals surface area contributed by atoms with Crippen LogP contribution in [-0.4, -0.2) is 34.1 Å². The Morgan fingerprint density at radius 2 is 1.68 bits per heavy atom. The van der Waals surface area contributed by atoms with Crippen molar-refractivity contribution in [3.8, 4) is 0 Å². The lowest BCUT2D eigenvalue weighted by Crippen LogP contribution is -2.37. The number of aromatic nitrogens is 2. The summed E-state index contributed by atoms with van der Waals surface area (Å²) in [5.74, 6) is -0.0994. The van der Waals surface area contributed by atoms with E-state index in [4.69, 9.17) is 11.6 Å². The Bertz CT molecular complexity index is 1410. The van der Waals surface area contributed by atoms with Crippen molar-refractivity contribution < 1.29 is 13.2 Å². The summed E-state index contributed by atoms with van der Waals surface area (Å²) < 4.78 is 41.9. The van der Waals surface area contributed by atoms with Crippen LogP contribution in [0.25, 0.3) is 11.0 Å². The molecule has 1 fully saturated rings. The molecule has 1 unspecified atom stereocenters. The number of hydrogen-bond donors (Lipinski definition) is 1. The second kappa shape index (κ2) is 10.8. The molecule has 0 aliphatic carbocycles. The van der Waals surface area contributed by atoms with Crippen LogP contribution in [0.3, 0.4) is 0 Å². The Labute approximate surface area is 218 Å². The summed E-state index contributed by atoms with van der Waals surface area (Å²) in [6.07, 6.45) is -1.00. The zero-order chi connectivity index (χ0) is 26.0. The Morgan fingerprint density at radius 3 is 2.41 bits per heavy atom. The summed E-state index contributed by atoms with van der Waals surface area (Å²) in [7, 11) is 0. The maximum absolute atomic E-state index is 13.4. The second-order valence-corrected chi connectivity index (χ2v) is 10.2. The Balaban J connectivity index is 1.23. The van der Waals surface area contributed by atoms with Crippen molar-refractivity contribution in [1.82, 2.24) is 14.5 Å². The second-order valence-electron chi connectivity index (χ2n) is 9.76. The van der Waals surface area contributed by atoms with Crippen LogP contribution in [0.1, 0.15) is 54.3 Å². The number of nitrogens with zero attached hydrogens (tertiary/aromatic N) is 2. The number of likely N-dealkylation sites (tertiary alicyclic amines) is 1. The molecule has 5 rings (SSSR count). The van der Waals surface area contributed by atoms with E-state index in [1.54, 1.807) is 18.2 Å². The van der Waals surface area contributed by atoms with Crippen LogP contribution < -0.4 is 5.69 Å². The summed E-state index contributed by atoms with van der Waals surface area (Å²) >= 11 is 6.07. The number of nitrogens with one attached hydrogen (secondary N) is 1. The number of H-pyrrole nitrogens is 1. The highest BCUT2D eigenvalue weighted by Gasteiger charge is 2.31. The molecule has 2 heterocycles. The predicted molar refractivity (Wildman–Crippen MR) is 141 cm³/mol. The lowest BCUT2D eigenvalue weighted by Gasteiger charge is -2.33. The van der Waals surface area contributed by atoms with Gasteiger partial charge in [-0.3, -0.25) is 4.57 Å². The van der Waals surface area contributed by atoms with Gasteiger partial charge in [0.25, 0.3) is 0 Å². The summed E-state index contributed by atoms with van der Waals surface area (Å²) in [4.78, 5) is 17.9. The van der Waals surface area contributed by atoms with Gasteiger partial charge in [-0.15, -0.1) is 0 Å². The van der Waals surface area contributed by atoms with Crippen LogP contribution in [0, 0.1) is 0 Å². The lowest BCUT2D eigenvalue weighted by atomic mass is 9.86. The normalized spacial score (nSPS) is 16.3. The molecule has 1 aliphatic rings. The van der Waals surface area contributed by atoms with Crippen molar-refractivity contribution in [3.63, 3.8) is 0 Å². The zero-order valence-corrected chi connectivity index (χ0v) is 21.1. The smallest absolute Gasteiger partial charge is 0.305 e. The molecule has 4 nitrogen and oxygen atoms in total. The van der Waals surface area contributed by atoms with Gasteiger partial charge >= 0.3 is 11.9 Å². The first-order valence-electron chi connectivity index (χ1n) is 12.6. The monoisotopic (exact) mass is 527 g/mol. The van der Waals surface area contributed by atoms with Crippen LogP contribution >= 0.6 is 11.6 Å². The van der Waals surface area contributed by atoms with Gasteiger partial charge < -0.3 is 9.88 Å². The molecule has 194 valence electrons. The number of imidazole rings is 1. The summed E-state index contributed by atoms with van der Waals surface area (Å²) in [6.45, 7) is 2.61. The lowest BCUT2D eigenvalue weighted by molar-refractivity contribution is -0.137. The number of benzene rings is 3. The van der Waals surface area contributed by atoms with Crippen LogP contribution in [0.5, 0.6) is 0 Å². The number of fused-ring (bicyclic) bond motifs is 1. The summed E-state index contributed by atoms with van der Waals surface area (Å²) in [5.41, 5.74) is 2.63. The minimum Gasteiger partial charge on any atom is -0.305 e. The topological polar surface area (TPSA) is 41.0 Å². The van der Waals surface area contributed by atoms with E-state index in [1.807, 2.05) is 41.0 Å². The van der Waals surface area contributed by atoms with Crippen molar-refractivity contribution in [2.24, 2.45) is 0 Å². The van der Waals surface area contributed by atoms with Crippen molar-refractivity contribution in [2.45, 2.75) is 43.8 Å². The van der Waals surface area contributed by atoms with E-state index in [-0.39, 0.29) is 17.6 Å². The highest BCUT2D eigenvalue weighted by molar-refractivity contribution is 6.31. The minimum absolute atomic E-state index is 0.0994. The van der Waals surface area contributed by atoms with E-state index >= 15 is 0 Å². The van der Waals surface area contributed by atoms with E-state index in [1.165, 1.54) is 12.1 Å². The Morgan fingerprint density at radius 1 is 0.946 bits per heavy atom. The fraction of sp³-hybridized carbons (Fsp3) is 0.345. The molecule has 1 N–H and O–H groups in total. The molecular weight excluding hydrogens is 499 g/mol. The van der Waals surface area contributed by atoms with Crippen LogP contribution in [0.4, 0.5) is 13.2 Å². The molecule has 37 heavy (non-hydrogen) atoms. The van der Waals surface area contributed by atoms with Crippen molar-refractivity contribution in [1.29, 1.82) is 0 Å². The van der Waals surface area contributed by atoms with Gasteiger partial charge in [-0.05, 0) is 67.6 Å². The number of aromatic amines is 1. The first kappa shape index (κ1) is 25.6. The largest absolute Gasteiger partial charge is 0.416 e. The number of alkyl halides is 3. The molecule has 0 amide bonds. The van der Waals surface area contributed by atoms with E-state index < -0.39 is 11.7 Å². The van der Waals surface area contributed by atoms with Crippen molar-refractivity contribution in [3.05, 3.63) is 105 Å². The molecular formula is C29H29ClF3N3O. The van der Waals surface area contributed by atoms with Gasteiger partial charge in [0.2, 0.25) is 0 Å². The average Bonchev–Trinajstić information content (AvgIpc) is 3.21. The first-order valence-corrected chi connectivity index (χ1v) is 13.0. The van der Waals surface area contributed by atoms with E-state index in [2.05, 4.69) is 9.88 Å². The molecule has 0 bridgehead atoms. The number of hydrogen-bond acceptors (Lipinski definition) is 2. The molecule has 0 saturated carbocycles. The fourth-order valence-electron chi connectivity index (χ4n) is 5.53. The van der Waals surface area contributed by atoms with Gasteiger partial charge in [-0.2, -0.15) is 13.2 Å². The van der Waals surface area contributed by atoms with Crippen molar-refractivity contribution >= 4 is 22.6 Å². The Hall–Kier alpha value is -3.03. The quantitative estimate of drug-likeness (QED) is 0.275. The zero-order valence-electron chi connectivity index (χ0n) is 20.3. The molecule has 1 aliphatic heterocycles. The van der Waals surface area contributed by atoms with Crippen LogP contribution in [0.15, 0.2) is 77.6 Å². The minimum atomic E-state index is -4.36. The standard InChI is InChI=1S/C29H29ClF3N3O/c30-23-11-12-27-26(19-23)34-28(37)36(27)24-13-16-35(17-14-24)15-5-10-25(20-6-2-1-3-7-20)21-8-4-9-22(18-21)29(31,32)33/h1-4,6-9,11-12,18-19,24-25H,5,10,13-17H2,(H,34,37). The predicted octanol–water partition coefficient (Wildman–Crippen LogP) is 7.25. The van der Waals surface area contributed by atoms with Gasteiger partial charge in [0.1, 0.15) is 0 Å². The Kier molecular flexibility index (Phi) is 7.45. The van der Waals surface area contributed by atoms with Crippen LogP contribution in [0.2, 0.25) is 5.02 Å². The summed E-state index contributed by atoms with van der Waals surface area (Å²) in [6, 6.07) is 21.1. The van der Waals surface area contributed by atoms with Crippen LogP contribution in [-0.2, 0) is 6.18 Å². The van der Waals surface area contributed by atoms with E-state index in [0.29, 0.717) is 10.6 Å². The highest BCUT2D eigenvalue weighted by Crippen LogP contribution is 2.35. The van der Waals surface area contributed by atoms with Gasteiger partial charge in [0, 0.05) is 30.1 Å².